The number of oxime groups is 1. The van der Waals surface area contributed by atoms with Crippen LogP contribution in [0.15, 0.2) is 84.5 Å². The van der Waals surface area contributed by atoms with Gasteiger partial charge in [-0.25, -0.2) is 4.79 Å². The van der Waals surface area contributed by atoms with Crippen molar-refractivity contribution in [2.24, 2.45) is 10.9 Å². The number of para-hydroxylation sites is 1. The number of imidazole rings is 1. The zero-order valence-corrected chi connectivity index (χ0v) is 19.3. The summed E-state index contributed by atoms with van der Waals surface area (Å²) in [6.45, 7) is 6.47. The van der Waals surface area contributed by atoms with Crippen molar-refractivity contribution in [2.45, 2.75) is 13.5 Å². The fourth-order valence-electron chi connectivity index (χ4n) is 3.91. The van der Waals surface area contributed by atoms with Gasteiger partial charge in [-0.1, -0.05) is 72.4 Å². The molecular formula is C27H26N4O4. The topological polar surface area (TPSA) is 112 Å². The van der Waals surface area contributed by atoms with Crippen LogP contribution in [0, 0.1) is 0 Å². The van der Waals surface area contributed by atoms with Crippen LogP contribution in [-0.2, 0) is 11.3 Å². The van der Waals surface area contributed by atoms with Crippen LogP contribution in [0.3, 0.4) is 0 Å². The lowest BCUT2D eigenvalue weighted by molar-refractivity contribution is 0.0551. The fourth-order valence-corrected chi connectivity index (χ4v) is 3.91. The van der Waals surface area contributed by atoms with Gasteiger partial charge in [0.25, 0.3) is 6.01 Å². The van der Waals surface area contributed by atoms with Crippen LogP contribution in [0.5, 0.6) is 6.01 Å². The van der Waals surface area contributed by atoms with Crippen LogP contribution in [0.4, 0.5) is 0 Å². The first kappa shape index (κ1) is 23.6. The maximum absolute atomic E-state index is 12.7. The molecule has 8 nitrogen and oxygen atoms in total. The van der Waals surface area contributed by atoms with Crippen LogP contribution < -0.4 is 10.5 Å². The predicted molar refractivity (Wildman–Crippen MR) is 135 cm³/mol. The molecule has 0 amide bonds. The summed E-state index contributed by atoms with van der Waals surface area (Å²) in [5, 5.41) is 12.3. The summed E-state index contributed by atoms with van der Waals surface area (Å²) < 4.78 is 13.0. The van der Waals surface area contributed by atoms with Crippen LogP contribution in [-0.4, -0.2) is 39.8 Å². The van der Waals surface area contributed by atoms with Crippen molar-refractivity contribution in [3.8, 4) is 17.1 Å². The molecule has 1 heterocycles. The lowest BCUT2D eigenvalue weighted by atomic mass is 9.98. The molecule has 3 N–H and O–H groups in total. The standard InChI is InChI=1S/C27H26N4O4/c1-3-16-35-26(32)22-10-7-11-23-24(22)31(27(29-23)34-4-2)17-18-12-14-19(15-13-18)20-8-5-6-9-21(20)25(28)30-33/h3,5-15,33H,1,4,16-17H2,2H3,(H2,28,30). The first-order valence-electron chi connectivity index (χ1n) is 11.1. The van der Waals surface area contributed by atoms with Crippen molar-refractivity contribution in [2.75, 3.05) is 13.2 Å². The summed E-state index contributed by atoms with van der Waals surface area (Å²) in [5.74, 6) is -0.401. The minimum atomic E-state index is -0.449. The van der Waals surface area contributed by atoms with Crippen molar-refractivity contribution in [1.29, 1.82) is 0 Å². The molecule has 178 valence electrons. The number of nitrogens with zero attached hydrogens (tertiary/aromatic N) is 3. The third-order valence-electron chi connectivity index (χ3n) is 5.47. The van der Waals surface area contributed by atoms with Crippen molar-refractivity contribution in [3.05, 3.63) is 96.1 Å². The van der Waals surface area contributed by atoms with E-state index in [1.165, 1.54) is 6.08 Å². The van der Waals surface area contributed by atoms with Crippen LogP contribution in [0.2, 0.25) is 0 Å². The summed E-state index contributed by atoms with van der Waals surface area (Å²) in [5.41, 5.74) is 10.9. The Kier molecular flexibility index (Phi) is 7.11. The highest BCUT2D eigenvalue weighted by atomic mass is 16.5. The first-order chi connectivity index (χ1) is 17.1. The number of fused-ring (bicyclic) bond motifs is 1. The molecule has 8 heteroatoms. The van der Waals surface area contributed by atoms with Gasteiger partial charge in [0.2, 0.25) is 0 Å². The Morgan fingerprint density at radius 3 is 2.57 bits per heavy atom. The quantitative estimate of drug-likeness (QED) is 0.0924. The van der Waals surface area contributed by atoms with E-state index in [9.17, 15) is 4.79 Å². The SMILES string of the molecule is C=CCOC(=O)c1cccc2nc(OCC)n(Cc3ccc(-c4ccccc4C(N)=NO)cc3)c12. The number of carbonyl (C=O) groups excluding carboxylic acids is 1. The second-order valence-electron chi connectivity index (χ2n) is 7.70. The lowest BCUT2D eigenvalue weighted by Crippen LogP contribution is -2.14. The molecule has 0 radical (unpaired) electrons. The van der Waals surface area contributed by atoms with Crippen LogP contribution in [0.25, 0.3) is 22.2 Å². The number of esters is 1. The molecule has 0 saturated carbocycles. The minimum Gasteiger partial charge on any atom is -0.465 e. The Morgan fingerprint density at radius 1 is 1.11 bits per heavy atom. The van der Waals surface area contributed by atoms with Gasteiger partial charge in [0.15, 0.2) is 5.84 Å². The highest BCUT2D eigenvalue weighted by molar-refractivity contribution is 6.03. The van der Waals surface area contributed by atoms with Gasteiger partial charge in [0, 0.05) is 5.56 Å². The molecule has 35 heavy (non-hydrogen) atoms. The molecule has 0 aliphatic carbocycles. The number of ether oxygens (including phenoxy) is 2. The Labute approximate surface area is 202 Å². The van der Waals surface area contributed by atoms with E-state index in [4.69, 9.17) is 20.4 Å². The second kappa shape index (κ2) is 10.6. The highest BCUT2D eigenvalue weighted by Gasteiger charge is 2.20. The summed E-state index contributed by atoms with van der Waals surface area (Å²) >= 11 is 0. The van der Waals surface area contributed by atoms with Gasteiger partial charge in [0.05, 0.1) is 29.7 Å². The molecule has 4 rings (SSSR count). The largest absolute Gasteiger partial charge is 0.465 e. The molecule has 0 unspecified atom stereocenters. The van der Waals surface area contributed by atoms with E-state index in [1.54, 1.807) is 18.2 Å². The number of amidine groups is 1. The number of rotatable bonds is 9. The van der Waals surface area contributed by atoms with Gasteiger partial charge < -0.3 is 20.4 Å². The maximum atomic E-state index is 12.7. The zero-order chi connectivity index (χ0) is 24.8. The zero-order valence-electron chi connectivity index (χ0n) is 19.3. The number of aromatic nitrogens is 2. The average Bonchev–Trinajstić information content (AvgIpc) is 3.24. The van der Waals surface area contributed by atoms with E-state index in [2.05, 4.69) is 16.7 Å². The Bertz CT molecular complexity index is 1390. The molecule has 0 aliphatic rings. The number of hydrogen-bond donors (Lipinski definition) is 2. The Hall–Kier alpha value is -4.59. The van der Waals surface area contributed by atoms with Crippen LogP contribution in [0.1, 0.15) is 28.4 Å². The average molecular weight is 471 g/mol. The van der Waals surface area contributed by atoms with Gasteiger partial charge in [-0.2, -0.15) is 4.98 Å². The maximum Gasteiger partial charge on any atom is 0.340 e. The van der Waals surface area contributed by atoms with E-state index in [0.29, 0.717) is 41.3 Å². The molecular weight excluding hydrogens is 444 g/mol. The third-order valence-corrected chi connectivity index (χ3v) is 5.47. The summed E-state index contributed by atoms with van der Waals surface area (Å²) in [7, 11) is 0. The number of benzene rings is 3. The Morgan fingerprint density at radius 2 is 1.86 bits per heavy atom. The van der Waals surface area contributed by atoms with Crippen molar-refractivity contribution >= 4 is 22.8 Å². The van der Waals surface area contributed by atoms with Gasteiger partial charge in [0.1, 0.15) is 6.61 Å². The molecule has 0 fully saturated rings. The van der Waals surface area contributed by atoms with E-state index in [-0.39, 0.29) is 12.4 Å². The van der Waals surface area contributed by atoms with Crippen molar-refractivity contribution in [1.82, 2.24) is 9.55 Å². The summed E-state index contributed by atoms with van der Waals surface area (Å²) in [6, 6.07) is 21.1. The molecule has 0 spiro atoms. The van der Waals surface area contributed by atoms with E-state index in [1.807, 2.05) is 60.0 Å². The molecule has 0 atom stereocenters. The van der Waals surface area contributed by atoms with Crippen molar-refractivity contribution < 1.29 is 19.5 Å². The summed E-state index contributed by atoms with van der Waals surface area (Å²) in [4.78, 5) is 17.3. The van der Waals surface area contributed by atoms with E-state index < -0.39 is 5.97 Å². The molecule has 0 saturated heterocycles. The first-order valence-corrected chi connectivity index (χ1v) is 11.1. The molecule has 0 aliphatic heterocycles. The fraction of sp³-hybridized carbons (Fsp3) is 0.148. The normalized spacial score (nSPS) is 11.4. The molecule has 4 aromatic rings. The monoisotopic (exact) mass is 470 g/mol. The molecule has 0 bridgehead atoms. The molecule has 1 aromatic heterocycles. The predicted octanol–water partition coefficient (Wildman–Crippen LogP) is 4.59. The van der Waals surface area contributed by atoms with Crippen LogP contribution >= 0.6 is 0 Å². The molecule has 3 aromatic carbocycles. The summed E-state index contributed by atoms with van der Waals surface area (Å²) in [6.07, 6.45) is 1.53. The highest BCUT2D eigenvalue weighted by Crippen LogP contribution is 2.28. The Balaban J connectivity index is 1.72. The third kappa shape index (κ3) is 4.86. The lowest BCUT2D eigenvalue weighted by Gasteiger charge is -2.13. The van der Waals surface area contributed by atoms with Gasteiger partial charge in [-0.15, -0.1) is 0 Å². The van der Waals surface area contributed by atoms with E-state index in [0.717, 1.165) is 16.7 Å². The van der Waals surface area contributed by atoms with Gasteiger partial charge in [-0.05, 0) is 35.7 Å². The van der Waals surface area contributed by atoms with Crippen molar-refractivity contribution in [3.63, 3.8) is 0 Å². The number of hydrogen-bond acceptors (Lipinski definition) is 6. The second-order valence-corrected chi connectivity index (χ2v) is 7.70. The van der Waals surface area contributed by atoms with Gasteiger partial charge in [-0.3, -0.25) is 4.57 Å². The van der Waals surface area contributed by atoms with Gasteiger partial charge >= 0.3 is 5.97 Å². The smallest absolute Gasteiger partial charge is 0.340 e. The number of carbonyl (C=O) groups is 1. The van der Waals surface area contributed by atoms with E-state index >= 15 is 0 Å². The number of nitrogens with two attached hydrogens (primary N) is 1. The minimum absolute atomic E-state index is 0.0480.